The Morgan fingerprint density at radius 2 is 1.75 bits per heavy atom. The quantitative estimate of drug-likeness (QED) is 0.573. The molecule has 2 aromatic rings. The second-order valence-electron chi connectivity index (χ2n) is 2.94. The van der Waals surface area contributed by atoms with Gasteiger partial charge in [0.25, 0.3) is 0 Å². The number of hydrogen-bond donors (Lipinski definition) is 0. The lowest BCUT2D eigenvalue weighted by molar-refractivity contribution is 0.105. The summed E-state index contributed by atoms with van der Waals surface area (Å²) in [4.78, 5) is 13.3. The summed E-state index contributed by atoms with van der Waals surface area (Å²) in [5.74, 6) is -0.0403. The average Bonchev–Trinajstić information content (AvgIpc) is 2.84. The summed E-state index contributed by atoms with van der Waals surface area (Å²) in [5.41, 5.74) is 0. The summed E-state index contributed by atoms with van der Waals surface area (Å²) in [7, 11) is 0. The molecule has 2 heterocycles. The smallest absolute Gasteiger partial charge is 0.195 e. The number of carbonyl (C=O) groups is 1. The minimum atomic E-state index is -0.0403. The van der Waals surface area contributed by atoms with Crippen LogP contribution in [0, 0.1) is 0 Å². The van der Waals surface area contributed by atoms with E-state index in [4.69, 9.17) is 23.2 Å². The molecule has 0 spiro atoms. The summed E-state index contributed by atoms with van der Waals surface area (Å²) in [6, 6.07) is 7.12. The van der Waals surface area contributed by atoms with Gasteiger partial charge in [-0.05, 0) is 36.4 Å². The van der Waals surface area contributed by atoms with E-state index in [-0.39, 0.29) is 5.78 Å². The molecule has 2 aromatic heterocycles. The molecular weight excluding hydrogens is 283 g/mol. The highest BCUT2D eigenvalue weighted by Gasteiger charge is 2.04. The lowest BCUT2D eigenvalue weighted by Gasteiger charge is -1.87. The van der Waals surface area contributed by atoms with Crippen LogP contribution in [-0.4, -0.2) is 5.78 Å². The van der Waals surface area contributed by atoms with Gasteiger partial charge in [-0.1, -0.05) is 23.2 Å². The Balaban J connectivity index is 2.10. The van der Waals surface area contributed by atoms with E-state index in [0.717, 1.165) is 4.88 Å². The van der Waals surface area contributed by atoms with Crippen LogP contribution in [0.1, 0.15) is 14.5 Å². The molecule has 0 N–H and O–H groups in total. The van der Waals surface area contributed by atoms with E-state index in [0.29, 0.717) is 13.5 Å². The lowest BCUT2D eigenvalue weighted by Crippen LogP contribution is -1.87. The maximum Gasteiger partial charge on any atom is 0.195 e. The van der Waals surface area contributed by atoms with Crippen molar-refractivity contribution in [2.45, 2.75) is 0 Å². The highest BCUT2D eigenvalue weighted by atomic mass is 35.5. The molecule has 0 aliphatic carbocycles. The molecule has 0 bridgehead atoms. The fourth-order valence-electron chi connectivity index (χ4n) is 1.10. The zero-order valence-electron chi connectivity index (χ0n) is 7.94. The topological polar surface area (TPSA) is 17.1 Å². The molecular formula is C11H6Cl2OS2. The Hall–Kier alpha value is -0.610. The normalized spacial score (nSPS) is 11.1. The predicted molar refractivity (Wildman–Crippen MR) is 72.0 cm³/mol. The molecule has 5 heteroatoms. The van der Waals surface area contributed by atoms with Crippen LogP contribution in [0.4, 0.5) is 0 Å². The molecule has 0 radical (unpaired) electrons. The third-order valence-electron chi connectivity index (χ3n) is 1.81. The number of ketones is 1. The minimum Gasteiger partial charge on any atom is -0.288 e. The van der Waals surface area contributed by atoms with Gasteiger partial charge in [0, 0.05) is 4.88 Å². The highest BCUT2D eigenvalue weighted by molar-refractivity contribution is 7.18. The SMILES string of the molecule is O=C(/C=C\c1ccc(Cl)s1)c1ccc(Cl)s1. The molecule has 0 amide bonds. The van der Waals surface area contributed by atoms with E-state index in [2.05, 4.69) is 0 Å². The number of allylic oxidation sites excluding steroid dienone is 1. The van der Waals surface area contributed by atoms with E-state index < -0.39 is 0 Å². The molecule has 0 aromatic carbocycles. The standard InChI is InChI=1S/C11H6Cl2OS2/c12-10-5-2-7(15-10)1-3-8(14)9-4-6-11(13)16-9/h1-6H/b3-1-. The fourth-order valence-corrected chi connectivity index (χ4v) is 3.03. The van der Waals surface area contributed by atoms with Gasteiger partial charge in [-0.3, -0.25) is 4.79 Å². The maximum atomic E-state index is 11.7. The van der Waals surface area contributed by atoms with Crippen LogP contribution in [0.15, 0.2) is 30.3 Å². The summed E-state index contributed by atoms with van der Waals surface area (Å²) in [6.45, 7) is 0. The first-order valence-electron chi connectivity index (χ1n) is 4.38. The summed E-state index contributed by atoms with van der Waals surface area (Å²) in [5, 5.41) is 0. The molecule has 0 aliphatic heterocycles. The van der Waals surface area contributed by atoms with E-state index in [1.54, 1.807) is 24.3 Å². The first-order valence-corrected chi connectivity index (χ1v) is 6.77. The first kappa shape index (κ1) is 11.9. The van der Waals surface area contributed by atoms with Gasteiger partial charge in [-0.2, -0.15) is 0 Å². The van der Waals surface area contributed by atoms with Crippen molar-refractivity contribution < 1.29 is 4.79 Å². The summed E-state index contributed by atoms with van der Waals surface area (Å²) < 4.78 is 1.34. The number of carbonyl (C=O) groups excluding carboxylic acids is 1. The molecule has 0 atom stereocenters. The number of hydrogen-bond acceptors (Lipinski definition) is 3. The molecule has 0 saturated heterocycles. The van der Waals surface area contributed by atoms with Crippen LogP contribution < -0.4 is 0 Å². The second kappa shape index (κ2) is 5.15. The van der Waals surface area contributed by atoms with Gasteiger partial charge in [-0.15, -0.1) is 22.7 Å². The molecule has 0 saturated carbocycles. The van der Waals surface area contributed by atoms with E-state index in [1.807, 2.05) is 6.07 Å². The van der Waals surface area contributed by atoms with Crippen LogP contribution in [0.5, 0.6) is 0 Å². The Kier molecular flexibility index (Phi) is 3.82. The highest BCUT2D eigenvalue weighted by Crippen LogP contribution is 2.24. The van der Waals surface area contributed by atoms with Crippen molar-refractivity contribution >= 4 is 57.7 Å². The van der Waals surface area contributed by atoms with Crippen LogP contribution >= 0.6 is 45.9 Å². The Bertz CT molecular complexity index is 540. The third-order valence-corrected chi connectivity index (χ3v) is 4.25. The molecule has 0 fully saturated rings. The van der Waals surface area contributed by atoms with Crippen molar-refractivity contribution in [3.8, 4) is 0 Å². The number of thiophene rings is 2. The van der Waals surface area contributed by atoms with E-state index in [9.17, 15) is 4.79 Å². The maximum absolute atomic E-state index is 11.7. The second-order valence-corrected chi connectivity index (χ2v) is 6.40. The van der Waals surface area contributed by atoms with Crippen molar-refractivity contribution in [3.63, 3.8) is 0 Å². The van der Waals surface area contributed by atoms with Crippen LogP contribution in [0.3, 0.4) is 0 Å². The van der Waals surface area contributed by atoms with Gasteiger partial charge in [0.15, 0.2) is 5.78 Å². The van der Waals surface area contributed by atoms with Gasteiger partial charge in [0.2, 0.25) is 0 Å². The zero-order valence-corrected chi connectivity index (χ0v) is 11.1. The Morgan fingerprint density at radius 3 is 2.31 bits per heavy atom. The fraction of sp³-hybridized carbons (Fsp3) is 0. The van der Waals surface area contributed by atoms with E-state index in [1.165, 1.54) is 28.7 Å². The van der Waals surface area contributed by atoms with Crippen LogP contribution in [-0.2, 0) is 0 Å². The van der Waals surface area contributed by atoms with Crippen molar-refractivity contribution in [1.82, 2.24) is 0 Å². The predicted octanol–water partition coefficient (Wildman–Crippen LogP) is 5.01. The van der Waals surface area contributed by atoms with Gasteiger partial charge >= 0.3 is 0 Å². The summed E-state index contributed by atoms with van der Waals surface area (Å²) >= 11 is 14.2. The largest absolute Gasteiger partial charge is 0.288 e. The van der Waals surface area contributed by atoms with Crippen LogP contribution in [0.2, 0.25) is 8.67 Å². The Morgan fingerprint density at radius 1 is 1.06 bits per heavy atom. The molecule has 16 heavy (non-hydrogen) atoms. The van der Waals surface area contributed by atoms with Crippen molar-refractivity contribution in [2.75, 3.05) is 0 Å². The van der Waals surface area contributed by atoms with Crippen molar-refractivity contribution in [1.29, 1.82) is 0 Å². The monoisotopic (exact) mass is 288 g/mol. The minimum absolute atomic E-state index is 0.0403. The van der Waals surface area contributed by atoms with E-state index >= 15 is 0 Å². The first-order chi connectivity index (χ1) is 7.65. The summed E-state index contributed by atoms with van der Waals surface area (Å²) in [6.07, 6.45) is 3.29. The number of rotatable bonds is 3. The zero-order chi connectivity index (χ0) is 11.5. The third kappa shape index (κ3) is 2.95. The van der Waals surface area contributed by atoms with Gasteiger partial charge in [-0.25, -0.2) is 0 Å². The van der Waals surface area contributed by atoms with Gasteiger partial charge in [0.05, 0.1) is 13.5 Å². The molecule has 82 valence electrons. The average molecular weight is 289 g/mol. The molecule has 0 aliphatic rings. The van der Waals surface area contributed by atoms with Gasteiger partial charge in [0.1, 0.15) is 0 Å². The van der Waals surface area contributed by atoms with Crippen molar-refractivity contribution in [2.24, 2.45) is 0 Å². The lowest BCUT2D eigenvalue weighted by atomic mass is 10.3. The van der Waals surface area contributed by atoms with Crippen LogP contribution in [0.25, 0.3) is 6.08 Å². The molecule has 2 rings (SSSR count). The Labute approximate surface area is 111 Å². The molecule has 0 unspecified atom stereocenters. The number of halogens is 2. The van der Waals surface area contributed by atoms with Crippen molar-refractivity contribution in [3.05, 3.63) is 48.8 Å². The van der Waals surface area contributed by atoms with Gasteiger partial charge < -0.3 is 0 Å². The molecule has 1 nitrogen and oxygen atoms in total.